The molecule has 1 heterocycles. The second-order valence-electron chi connectivity index (χ2n) is 5.39. The second kappa shape index (κ2) is 6.81. The maximum absolute atomic E-state index is 12.8. The lowest BCUT2D eigenvalue weighted by Gasteiger charge is -2.22. The van der Waals surface area contributed by atoms with Crippen molar-refractivity contribution in [2.24, 2.45) is 5.73 Å². The maximum atomic E-state index is 12.8. The van der Waals surface area contributed by atoms with Crippen LogP contribution in [0.1, 0.15) is 16.4 Å². The Bertz CT molecular complexity index is 705. The van der Waals surface area contributed by atoms with Crippen LogP contribution in [-0.2, 0) is 16.0 Å². The van der Waals surface area contributed by atoms with E-state index in [1.54, 1.807) is 0 Å². The van der Waals surface area contributed by atoms with Crippen molar-refractivity contribution >= 4 is 35.2 Å². The van der Waals surface area contributed by atoms with E-state index in [1.165, 1.54) is 23.5 Å². The quantitative estimate of drug-likeness (QED) is 0.847. The molecular weight excluding hydrogens is 326 g/mol. The normalized spacial score (nSPS) is 23.6. The Morgan fingerprint density at radius 2 is 1.65 bits per heavy atom. The summed E-state index contributed by atoms with van der Waals surface area (Å²) in [4.78, 5) is 24.9. The highest BCUT2D eigenvalue weighted by Gasteiger charge is 2.51. The molecule has 1 fully saturated rings. The number of Topliss-reactive ketones (excluding diaryl/α,β-unsaturated/α-hetero) is 1. The second-order valence-corrected chi connectivity index (χ2v) is 8.30. The Labute approximate surface area is 144 Å². The van der Waals surface area contributed by atoms with Crippen LogP contribution >= 0.6 is 23.5 Å². The summed E-state index contributed by atoms with van der Waals surface area (Å²) in [6.45, 7) is 0. The first-order valence-corrected chi connectivity index (χ1v) is 9.22. The van der Waals surface area contributed by atoms with Crippen LogP contribution in [0.3, 0.4) is 0 Å². The van der Waals surface area contributed by atoms with Crippen molar-refractivity contribution in [1.29, 1.82) is 0 Å². The van der Waals surface area contributed by atoms with Gasteiger partial charge in [0, 0.05) is 17.4 Å². The minimum absolute atomic E-state index is 0.105. The van der Waals surface area contributed by atoms with Gasteiger partial charge in [-0.1, -0.05) is 60.7 Å². The summed E-state index contributed by atoms with van der Waals surface area (Å²) in [7, 11) is 0. The summed E-state index contributed by atoms with van der Waals surface area (Å²) in [5.41, 5.74) is 7.66. The fourth-order valence-electron chi connectivity index (χ4n) is 2.60. The van der Waals surface area contributed by atoms with E-state index in [-0.39, 0.29) is 17.5 Å². The largest absolute Gasteiger partial charge is 0.367 e. The highest BCUT2D eigenvalue weighted by Crippen LogP contribution is 2.55. The average molecular weight is 343 g/mol. The molecule has 5 heteroatoms. The van der Waals surface area contributed by atoms with E-state index in [0.717, 1.165) is 11.1 Å². The average Bonchev–Trinajstić information content (AvgIpc) is 3.03. The number of thioether (sulfide) groups is 2. The number of carbonyl (C=O) groups excluding carboxylic acids is 2. The molecule has 0 radical (unpaired) electrons. The first kappa shape index (κ1) is 16.1. The predicted octanol–water partition coefficient (Wildman–Crippen LogP) is 3.20. The fourth-order valence-corrected chi connectivity index (χ4v) is 5.87. The Morgan fingerprint density at radius 3 is 2.26 bits per heavy atom. The predicted molar refractivity (Wildman–Crippen MR) is 96.3 cm³/mol. The van der Waals surface area contributed by atoms with Gasteiger partial charge in [-0.05, 0) is 11.1 Å². The molecule has 23 heavy (non-hydrogen) atoms. The van der Waals surface area contributed by atoms with E-state index in [1.807, 2.05) is 60.7 Å². The lowest BCUT2D eigenvalue weighted by Crippen LogP contribution is -2.44. The molecule has 0 bridgehead atoms. The molecule has 3 rings (SSSR count). The van der Waals surface area contributed by atoms with Crippen LogP contribution < -0.4 is 5.73 Å². The molecular formula is C18H17NO2S2. The highest BCUT2D eigenvalue weighted by molar-refractivity contribution is 8.23. The van der Waals surface area contributed by atoms with Crippen molar-refractivity contribution in [3.63, 3.8) is 0 Å². The summed E-state index contributed by atoms with van der Waals surface area (Å²) in [6, 6.07) is 19.4. The van der Waals surface area contributed by atoms with Gasteiger partial charge in [0.25, 0.3) is 5.91 Å². The van der Waals surface area contributed by atoms with Crippen molar-refractivity contribution in [1.82, 2.24) is 0 Å². The molecule has 0 aromatic heterocycles. The number of nitrogens with two attached hydrogens (primary N) is 1. The molecule has 2 N–H and O–H groups in total. The van der Waals surface area contributed by atoms with E-state index < -0.39 is 9.99 Å². The summed E-state index contributed by atoms with van der Waals surface area (Å²) in [5.74, 6) is 0.0366. The molecule has 1 saturated heterocycles. The van der Waals surface area contributed by atoms with Crippen molar-refractivity contribution < 1.29 is 9.59 Å². The zero-order chi connectivity index (χ0) is 16.3. The van der Waals surface area contributed by atoms with Gasteiger partial charge in [0.05, 0.1) is 0 Å². The molecule has 2 aromatic rings. The molecule has 1 aliphatic heterocycles. The van der Waals surface area contributed by atoms with Gasteiger partial charge in [0.15, 0.2) is 9.86 Å². The first-order valence-electron chi connectivity index (χ1n) is 7.35. The summed E-state index contributed by atoms with van der Waals surface area (Å²) < 4.78 is -1.18. The Morgan fingerprint density at radius 1 is 1.04 bits per heavy atom. The van der Waals surface area contributed by atoms with Crippen LogP contribution in [0, 0.1) is 0 Å². The van der Waals surface area contributed by atoms with E-state index in [2.05, 4.69) is 0 Å². The number of benzene rings is 2. The SMILES string of the molecule is NC(=O)[C@]1(C(=O)Cc2ccccc2)SCC(c2ccccc2)S1. The Hall–Kier alpha value is -1.72. The van der Waals surface area contributed by atoms with Gasteiger partial charge < -0.3 is 5.73 Å². The molecule has 0 spiro atoms. The minimum Gasteiger partial charge on any atom is -0.367 e. The van der Waals surface area contributed by atoms with Gasteiger partial charge in [-0.25, -0.2) is 0 Å². The van der Waals surface area contributed by atoms with Crippen LogP contribution in [0.2, 0.25) is 0 Å². The molecule has 3 nitrogen and oxygen atoms in total. The third-order valence-corrected chi connectivity index (χ3v) is 7.49. The smallest absolute Gasteiger partial charge is 0.251 e. The Kier molecular flexibility index (Phi) is 4.78. The van der Waals surface area contributed by atoms with E-state index in [0.29, 0.717) is 5.75 Å². The minimum atomic E-state index is -1.18. The van der Waals surface area contributed by atoms with Crippen molar-refractivity contribution in [2.45, 2.75) is 15.7 Å². The molecule has 1 aliphatic rings. The summed E-state index contributed by atoms with van der Waals surface area (Å²) >= 11 is 2.75. The molecule has 1 unspecified atom stereocenters. The van der Waals surface area contributed by atoms with Gasteiger partial charge in [-0.3, -0.25) is 9.59 Å². The zero-order valence-electron chi connectivity index (χ0n) is 12.5. The first-order chi connectivity index (χ1) is 11.1. The van der Waals surface area contributed by atoms with E-state index >= 15 is 0 Å². The van der Waals surface area contributed by atoms with Crippen LogP contribution in [0.15, 0.2) is 60.7 Å². The van der Waals surface area contributed by atoms with Gasteiger partial charge in [0.1, 0.15) is 0 Å². The van der Waals surface area contributed by atoms with Crippen LogP contribution in [0.4, 0.5) is 0 Å². The number of ketones is 1. The van der Waals surface area contributed by atoms with Gasteiger partial charge in [-0.2, -0.15) is 0 Å². The van der Waals surface area contributed by atoms with Crippen LogP contribution in [0.25, 0.3) is 0 Å². The lowest BCUT2D eigenvalue weighted by atomic mass is 10.1. The third-order valence-electron chi connectivity index (χ3n) is 3.82. The van der Waals surface area contributed by atoms with Crippen molar-refractivity contribution in [3.8, 4) is 0 Å². The monoisotopic (exact) mass is 343 g/mol. The summed E-state index contributed by atoms with van der Waals surface area (Å²) in [5, 5.41) is 0.105. The van der Waals surface area contributed by atoms with Crippen molar-refractivity contribution in [2.75, 3.05) is 5.75 Å². The van der Waals surface area contributed by atoms with Crippen LogP contribution in [-0.4, -0.2) is 21.5 Å². The van der Waals surface area contributed by atoms with Gasteiger partial charge in [0.2, 0.25) is 0 Å². The lowest BCUT2D eigenvalue weighted by molar-refractivity contribution is -0.126. The molecule has 118 valence electrons. The highest BCUT2D eigenvalue weighted by atomic mass is 32.2. The number of carbonyl (C=O) groups is 2. The zero-order valence-corrected chi connectivity index (χ0v) is 14.1. The molecule has 0 saturated carbocycles. The molecule has 0 aliphatic carbocycles. The topological polar surface area (TPSA) is 60.2 Å². The van der Waals surface area contributed by atoms with Gasteiger partial charge >= 0.3 is 0 Å². The maximum Gasteiger partial charge on any atom is 0.251 e. The summed E-state index contributed by atoms with van der Waals surface area (Å²) in [6.07, 6.45) is 0.227. The molecule has 2 aromatic carbocycles. The van der Waals surface area contributed by atoms with E-state index in [9.17, 15) is 9.59 Å². The molecule has 1 amide bonds. The number of rotatable bonds is 5. The fraction of sp³-hybridized carbons (Fsp3) is 0.222. The number of hydrogen-bond donors (Lipinski definition) is 1. The van der Waals surface area contributed by atoms with Crippen molar-refractivity contribution in [3.05, 3.63) is 71.8 Å². The number of primary amides is 1. The van der Waals surface area contributed by atoms with E-state index in [4.69, 9.17) is 5.73 Å². The number of amides is 1. The number of hydrogen-bond acceptors (Lipinski definition) is 4. The molecule has 2 atom stereocenters. The Balaban J connectivity index is 1.81. The third kappa shape index (κ3) is 3.31. The van der Waals surface area contributed by atoms with Crippen LogP contribution in [0.5, 0.6) is 0 Å². The van der Waals surface area contributed by atoms with Gasteiger partial charge in [-0.15, -0.1) is 23.5 Å². The standard InChI is InChI=1S/C18H17NO2S2/c19-17(21)18(16(20)11-13-7-3-1-4-8-13)22-12-15(23-18)14-9-5-2-6-10-14/h1-10,15H,11-12H2,(H2,19,21)/t15?,18-/m1/s1.